The summed E-state index contributed by atoms with van der Waals surface area (Å²) in [6.07, 6.45) is 4.89. The van der Waals surface area contributed by atoms with E-state index in [9.17, 15) is 9.59 Å². The van der Waals surface area contributed by atoms with Crippen LogP contribution in [0.25, 0.3) is 0 Å². The molecular formula is C13H14N4O3. The molecule has 0 saturated heterocycles. The van der Waals surface area contributed by atoms with Gasteiger partial charge in [-0.05, 0) is 12.5 Å². The predicted molar refractivity (Wildman–Crippen MR) is 71.7 cm³/mol. The SMILES string of the molecule is CCc1nn(C)cc1C(=O)Nc1cnccc1C(=O)O. The maximum absolute atomic E-state index is 12.2. The number of anilines is 1. The molecule has 7 heteroatoms. The minimum absolute atomic E-state index is 0.00436. The first-order valence-electron chi connectivity index (χ1n) is 6.04. The number of pyridine rings is 1. The van der Waals surface area contributed by atoms with Gasteiger partial charge in [0.2, 0.25) is 0 Å². The van der Waals surface area contributed by atoms with Crippen LogP contribution in [-0.2, 0) is 13.5 Å². The Morgan fingerprint density at radius 1 is 1.40 bits per heavy atom. The van der Waals surface area contributed by atoms with Crippen LogP contribution in [0.1, 0.15) is 33.3 Å². The van der Waals surface area contributed by atoms with Crippen LogP contribution < -0.4 is 5.32 Å². The number of hydrogen-bond acceptors (Lipinski definition) is 4. The van der Waals surface area contributed by atoms with Crippen molar-refractivity contribution in [3.05, 3.63) is 41.5 Å². The first-order valence-corrected chi connectivity index (χ1v) is 6.04. The van der Waals surface area contributed by atoms with E-state index in [1.165, 1.54) is 18.5 Å². The van der Waals surface area contributed by atoms with Gasteiger partial charge in [-0.2, -0.15) is 5.10 Å². The Morgan fingerprint density at radius 2 is 2.15 bits per heavy atom. The molecule has 2 heterocycles. The third-order valence-corrected chi connectivity index (χ3v) is 2.78. The molecule has 0 spiro atoms. The van der Waals surface area contributed by atoms with E-state index in [0.29, 0.717) is 17.7 Å². The molecule has 2 aromatic rings. The Kier molecular flexibility index (Phi) is 3.79. The normalized spacial score (nSPS) is 10.3. The summed E-state index contributed by atoms with van der Waals surface area (Å²) in [5, 5.41) is 15.8. The number of hydrogen-bond donors (Lipinski definition) is 2. The summed E-state index contributed by atoms with van der Waals surface area (Å²) in [5.41, 5.74) is 1.24. The molecule has 0 atom stereocenters. The third kappa shape index (κ3) is 2.66. The molecule has 2 rings (SSSR count). The Labute approximate surface area is 115 Å². The van der Waals surface area contributed by atoms with Crippen molar-refractivity contribution < 1.29 is 14.7 Å². The van der Waals surface area contributed by atoms with Gasteiger partial charge in [-0.3, -0.25) is 14.5 Å². The first kappa shape index (κ1) is 13.7. The zero-order chi connectivity index (χ0) is 14.7. The number of carbonyl (C=O) groups is 2. The van der Waals surface area contributed by atoms with E-state index in [2.05, 4.69) is 15.4 Å². The van der Waals surface area contributed by atoms with Gasteiger partial charge in [-0.25, -0.2) is 4.79 Å². The number of carbonyl (C=O) groups excluding carboxylic acids is 1. The molecular weight excluding hydrogens is 260 g/mol. The van der Waals surface area contributed by atoms with Gasteiger partial charge in [0, 0.05) is 19.4 Å². The van der Waals surface area contributed by atoms with Gasteiger partial charge in [0.05, 0.1) is 28.7 Å². The largest absolute Gasteiger partial charge is 0.478 e. The molecule has 0 saturated carbocycles. The highest BCUT2D eigenvalue weighted by molar-refractivity contribution is 6.08. The van der Waals surface area contributed by atoms with E-state index in [-0.39, 0.29) is 11.3 Å². The van der Waals surface area contributed by atoms with E-state index in [1.807, 2.05) is 6.92 Å². The third-order valence-electron chi connectivity index (χ3n) is 2.78. The van der Waals surface area contributed by atoms with Crippen molar-refractivity contribution in [1.29, 1.82) is 0 Å². The molecule has 0 aliphatic rings. The van der Waals surface area contributed by atoms with Gasteiger partial charge in [0.25, 0.3) is 5.91 Å². The zero-order valence-corrected chi connectivity index (χ0v) is 11.1. The van der Waals surface area contributed by atoms with Crippen LogP contribution in [0.4, 0.5) is 5.69 Å². The number of aromatic carboxylic acids is 1. The van der Waals surface area contributed by atoms with Crippen molar-refractivity contribution >= 4 is 17.6 Å². The van der Waals surface area contributed by atoms with E-state index in [4.69, 9.17) is 5.11 Å². The monoisotopic (exact) mass is 274 g/mol. The van der Waals surface area contributed by atoms with E-state index < -0.39 is 11.9 Å². The molecule has 0 aliphatic heterocycles. The summed E-state index contributed by atoms with van der Waals surface area (Å²) in [4.78, 5) is 27.1. The van der Waals surface area contributed by atoms with Crippen molar-refractivity contribution in [2.24, 2.45) is 7.05 Å². The number of aromatic nitrogens is 3. The number of rotatable bonds is 4. The van der Waals surface area contributed by atoms with Crippen LogP contribution in [0.2, 0.25) is 0 Å². The standard InChI is InChI=1S/C13H14N4O3/c1-3-10-9(7-17(2)16-10)12(18)15-11-6-14-5-4-8(11)13(19)20/h4-7H,3H2,1-2H3,(H,15,18)(H,19,20). The lowest BCUT2D eigenvalue weighted by molar-refractivity contribution is 0.0698. The molecule has 2 aromatic heterocycles. The van der Waals surface area contributed by atoms with Gasteiger partial charge in [0.15, 0.2) is 0 Å². The summed E-state index contributed by atoms with van der Waals surface area (Å²) in [6.45, 7) is 1.89. The summed E-state index contributed by atoms with van der Waals surface area (Å²) in [6, 6.07) is 1.34. The average Bonchev–Trinajstić information content (AvgIpc) is 2.80. The lowest BCUT2D eigenvalue weighted by Crippen LogP contribution is -2.16. The molecule has 0 unspecified atom stereocenters. The summed E-state index contributed by atoms with van der Waals surface area (Å²) < 4.78 is 1.55. The Bertz CT molecular complexity index is 663. The van der Waals surface area contributed by atoms with Gasteiger partial charge in [0.1, 0.15) is 0 Å². The fraction of sp³-hybridized carbons (Fsp3) is 0.231. The van der Waals surface area contributed by atoms with Crippen molar-refractivity contribution in [3.63, 3.8) is 0 Å². The van der Waals surface area contributed by atoms with Crippen LogP contribution >= 0.6 is 0 Å². The molecule has 7 nitrogen and oxygen atoms in total. The Morgan fingerprint density at radius 3 is 2.80 bits per heavy atom. The van der Waals surface area contributed by atoms with Gasteiger partial charge in [-0.15, -0.1) is 0 Å². The van der Waals surface area contributed by atoms with Crippen molar-refractivity contribution in [2.45, 2.75) is 13.3 Å². The molecule has 0 fully saturated rings. The van der Waals surface area contributed by atoms with E-state index >= 15 is 0 Å². The number of amides is 1. The summed E-state index contributed by atoms with van der Waals surface area (Å²) in [5.74, 6) is -1.52. The maximum atomic E-state index is 12.2. The summed E-state index contributed by atoms with van der Waals surface area (Å²) >= 11 is 0. The smallest absolute Gasteiger partial charge is 0.337 e. The lowest BCUT2D eigenvalue weighted by atomic mass is 10.2. The Balaban J connectivity index is 2.30. The fourth-order valence-electron chi connectivity index (χ4n) is 1.86. The maximum Gasteiger partial charge on any atom is 0.337 e. The molecule has 0 aliphatic carbocycles. The predicted octanol–water partition coefficient (Wildman–Crippen LogP) is 1.33. The van der Waals surface area contributed by atoms with Crippen LogP contribution in [0, 0.1) is 0 Å². The van der Waals surface area contributed by atoms with Crippen molar-refractivity contribution in [1.82, 2.24) is 14.8 Å². The lowest BCUT2D eigenvalue weighted by Gasteiger charge is -2.07. The molecule has 20 heavy (non-hydrogen) atoms. The molecule has 2 N–H and O–H groups in total. The highest BCUT2D eigenvalue weighted by Crippen LogP contribution is 2.16. The molecule has 0 aromatic carbocycles. The highest BCUT2D eigenvalue weighted by Gasteiger charge is 2.17. The fourth-order valence-corrected chi connectivity index (χ4v) is 1.86. The van der Waals surface area contributed by atoms with Crippen LogP contribution in [-0.4, -0.2) is 31.7 Å². The number of nitrogens with one attached hydrogen (secondary N) is 1. The average molecular weight is 274 g/mol. The second kappa shape index (κ2) is 5.52. The molecule has 1 amide bonds. The van der Waals surface area contributed by atoms with Crippen LogP contribution in [0.15, 0.2) is 24.7 Å². The minimum Gasteiger partial charge on any atom is -0.478 e. The van der Waals surface area contributed by atoms with E-state index in [1.54, 1.807) is 17.9 Å². The van der Waals surface area contributed by atoms with Gasteiger partial charge >= 0.3 is 5.97 Å². The summed E-state index contributed by atoms with van der Waals surface area (Å²) in [7, 11) is 1.72. The second-order valence-electron chi connectivity index (χ2n) is 4.20. The highest BCUT2D eigenvalue weighted by atomic mass is 16.4. The molecule has 0 bridgehead atoms. The van der Waals surface area contributed by atoms with E-state index in [0.717, 1.165) is 0 Å². The van der Waals surface area contributed by atoms with Crippen LogP contribution in [0.5, 0.6) is 0 Å². The first-order chi connectivity index (χ1) is 9.52. The molecule has 104 valence electrons. The van der Waals surface area contributed by atoms with Crippen LogP contribution in [0.3, 0.4) is 0 Å². The number of nitrogens with zero attached hydrogens (tertiary/aromatic N) is 3. The number of carboxylic acids is 1. The minimum atomic E-state index is -1.12. The van der Waals surface area contributed by atoms with Gasteiger partial charge in [-0.1, -0.05) is 6.92 Å². The second-order valence-corrected chi connectivity index (χ2v) is 4.20. The number of carboxylic acid groups (broad SMARTS) is 1. The Hall–Kier alpha value is -2.70. The van der Waals surface area contributed by atoms with Crippen molar-refractivity contribution in [2.75, 3.05) is 5.32 Å². The number of aryl methyl sites for hydroxylation is 2. The zero-order valence-electron chi connectivity index (χ0n) is 11.1. The van der Waals surface area contributed by atoms with Crippen molar-refractivity contribution in [3.8, 4) is 0 Å². The quantitative estimate of drug-likeness (QED) is 0.876. The molecule has 0 radical (unpaired) electrons. The van der Waals surface area contributed by atoms with Gasteiger partial charge < -0.3 is 10.4 Å². The topological polar surface area (TPSA) is 97.1 Å².